The second-order valence-corrected chi connectivity index (χ2v) is 4.22. The van der Waals surface area contributed by atoms with Gasteiger partial charge in [-0.25, -0.2) is 9.97 Å². The Balaban J connectivity index is 2.17. The van der Waals surface area contributed by atoms with Crippen LogP contribution in [0.25, 0.3) is 22.1 Å². The highest BCUT2D eigenvalue weighted by Gasteiger charge is 2.12. The minimum absolute atomic E-state index is 0.362. The Morgan fingerprint density at radius 3 is 2.20 bits per heavy atom. The molecule has 6 nitrogen and oxygen atoms in total. The standard InChI is InChI=1S/C12H9B2N2O4/c17-13-20-8-2-4-10-12(6-8)16-9-3-1-7(14(18)19)5-11(9)15-10/h1-6,17-19H. The van der Waals surface area contributed by atoms with E-state index in [2.05, 4.69) is 9.97 Å². The average Bonchev–Trinajstić information content (AvgIpc) is 2.44. The van der Waals surface area contributed by atoms with Crippen LogP contribution in [0.15, 0.2) is 36.4 Å². The average molecular weight is 267 g/mol. The van der Waals surface area contributed by atoms with E-state index >= 15 is 0 Å². The van der Waals surface area contributed by atoms with Crippen LogP contribution in [0.4, 0.5) is 0 Å². The van der Waals surface area contributed by atoms with E-state index in [1.165, 1.54) is 0 Å². The molecule has 20 heavy (non-hydrogen) atoms. The predicted octanol–water partition coefficient (Wildman–Crippen LogP) is -0.632. The molecule has 1 heterocycles. The Labute approximate surface area is 115 Å². The van der Waals surface area contributed by atoms with Crippen LogP contribution in [0.2, 0.25) is 0 Å². The quantitative estimate of drug-likeness (QED) is 0.432. The van der Waals surface area contributed by atoms with Crippen molar-refractivity contribution >= 4 is 42.3 Å². The van der Waals surface area contributed by atoms with Gasteiger partial charge < -0.3 is 19.7 Å². The molecule has 3 aromatic rings. The number of hydrogen-bond donors (Lipinski definition) is 3. The van der Waals surface area contributed by atoms with Crippen LogP contribution in [0, 0.1) is 0 Å². The maximum atomic E-state index is 9.16. The fourth-order valence-corrected chi connectivity index (χ4v) is 1.97. The Kier molecular flexibility index (Phi) is 3.27. The summed E-state index contributed by atoms with van der Waals surface area (Å²) in [6.45, 7) is 0. The molecule has 0 aliphatic rings. The lowest BCUT2D eigenvalue weighted by Gasteiger charge is -2.05. The van der Waals surface area contributed by atoms with Crippen LogP contribution in [0.1, 0.15) is 0 Å². The normalized spacial score (nSPS) is 10.8. The maximum absolute atomic E-state index is 9.16. The molecular weight excluding hydrogens is 258 g/mol. The lowest BCUT2D eigenvalue weighted by molar-refractivity contribution is 0.426. The summed E-state index contributed by atoms with van der Waals surface area (Å²) in [4.78, 5) is 8.83. The first kappa shape index (κ1) is 12.9. The van der Waals surface area contributed by atoms with E-state index in [-0.39, 0.29) is 0 Å². The van der Waals surface area contributed by atoms with Gasteiger partial charge in [0.05, 0.1) is 22.1 Å². The maximum Gasteiger partial charge on any atom is 0.569 e. The summed E-state index contributed by atoms with van der Waals surface area (Å²) >= 11 is 0. The zero-order chi connectivity index (χ0) is 14.1. The molecule has 97 valence electrons. The number of nitrogens with zero attached hydrogens (tertiary/aromatic N) is 2. The molecule has 0 saturated carbocycles. The molecule has 3 N–H and O–H groups in total. The summed E-state index contributed by atoms with van der Waals surface area (Å²) < 4.78 is 4.87. The molecule has 3 rings (SSSR count). The summed E-state index contributed by atoms with van der Waals surface area (Å²) in [5.41, 5.74) is 2.83. The van der Waals surface area contributed by atoms with Gasteiger partial charge in [0.15, 0.2) is 0 Å². The van der Waals surface area contributed by atoms with Crippen molar-refractivity contribution in [1.29, 1.82) is 0 Å². The molecule has 0 fully saturated rings. The molecule has 0 amide bonds. The third-order valence-corrected chi connectivity index (χ3v) is 2.92. The van der Waals surface area contributed by atoms with E-state index in [1.807, 2.05) is 0 Å². The molecule has 2 aromatic carbocycles. The lowest BCUT2D eigenvalue weighted by Crippen LogP contribution is -2.29. The summed E-state index contributed by atoms with van der Waals surface area (Å²) in [6.07, 6.45) is 0. The van der Waals surface area contributed by atoms with Crippen molar-refractivity contribution in [3.63, 3.8) is 0 Å². The smallest absolute Gasteiger partial charge is 0.537 e. The first-order valence-corrected chi connectivity index (χ1v) is 5.87. The Morgan fingerprint density at radius 1 is 0.900 bits per heavy atom. The summed E-state index contributed by atoms with van der Waals surface area (Å²) in [5, 5.41) is 26.9. The van der Waals surface area contributed by atoms with Gasteiger partial charge in [-0.2, -0.15) is 0 Å². The van der Waals surface area contributed by atoms with Gasteiger partial charge in [0, 0.05) is 6.07 Å². The molecule has 0 atom stereocenters. The van der Waals surface area contributed by atoms with Gasteiger partial charge in [0.2, 0.25) is 0 Å². The van der Waals surface area contributed by atoms with Gasteiger partial charge in [-0.3, -0.25) is 0 Å². The van der Waals surface area contributed by atoms with Crippen LogP contribution in [-0.2, 0) is 0 Å². The van der Waals surface area contributed by atoms with Gasteiger partial charge in [0.1, 0.15) is 5.75 Å². The van der Waals surface area contributed by atoms with E-state index in [0.29, 0.717) is 41.0 Å². The van der Waals surface area contributed by atoms with Gasteiger partial charge in [0.25, 0.3) is 0 Å². The van der Waals surface area contributed by atoms with E-state index < -0.39 is 7.12 Å². The number of fused-ring (bicyclic) bond motifs is 2. The van der Waals surface area contributed by atoms with Crippen molar-refractivity contribution in [2.75, 3.05) is 0 Å². The van der Waals surface area contributed by atoms with Crippen molar-refractivity contribution in [1.82, 2.24) is 9.97 Å². The predicted molar refractivity (Wildman–Crippen MR) is 75.5 cm³/mol. The van der Waals surface area contributed by atoms with E-state index in [4.69, 9.17) is 19.7 Å². The van der Waals surface area contributed by atoms with Crippen molar-refractivity contribution < 1.29 is 19.7 Å². The van der Waals surface area contributed by atoms with E-state index in [9.17, 15) is 0 Å². The van der Waals surface area contributed by atoms with Crippen LogP contribution in [0.3, 0.4) is 0 Å². The molecular formula is C12H9B2N2O4. The van der Waals surface area contributed by atoms with Crippen LogP contribution in [-0.4, -0.2) is 39.8 Å². The molecule has 0 saturated heterocycles. The van der Waals surface area contributed by atoms with Crippen LogP contribution >= 0.6 is 0 Å². The first-order chi connectivity index (χ1) is 9.67. The Bertz CT molecular complexity index is 782. The van der Waals surface area contributed by atoms with Crippen LogP contribution in [0.5, 0.6) is 5.75 Å². The third-order valence-electron chi connectivity index (χ3n) is 2.92. The second kappa shape index (κ2) is 5.09. The zero-order valence-corrected chi connectivity index (χ0v) is 10.3. The van der Waals surface area contributed by atoms with Crippen LogP contribution < -0.4 is 10.1 Å². The second-order valence-electron chi connectivity index (χ2n) is 4.22. The largest absolute Gasteiger partial charge is 0.569 e. The van der Waals surface area contributed by atoms with Crippen molar-refractivity contribution in [3.05, 3.63) is 36.4 Å². The number of rotatable bonds is 3. The summed E-state index contributed by atoms with van der Waals surface area (Å²) in [7, 11) is -0.933. The summed E-state index contributed by atoms with van der Waals surface area (Å²) in [6, 6.07) is 9.85. The fraction of sp³-hybridized carbons (Fsp3) is 0. The molecule has 0 aliphatic heterocycles. The minimum Gasteiger partial charge on any atom is -0.537 e. The molecule has 1 radical (unpaired) electrons. The fourth-order valence-electron chi connectivity index (χ4n) is 1.97. The van der Waals surface area contributed by atoms with Gasteiger partial charge in [-0.15, -0.1) is 0 Å². The summed E-state index contributed by atoms with van der Waals surface area (Å²) in [5.74, 6) is 0.455. The SMILES string of the molecule is O[B]Oc1ccc2nc3cc(B(O)O)ccc3nc2c1. The number of hydrogen-bond acceptors (Lipinski definition) is 6. The Hall–Kier alpha value is -2.15. The lowest BCUT2D eigenvalue weighted by atomic mass is 9.80. The monoisotopic (exact) mass is 267 g/mol. The first-order valence-electron chi connectivity index (χ1n) is 5.87. The molecule has 0 bridgehead atoms. The van der Waals surface area contributed by atoms with E-state index in [1.54, 1.807) is 36.4 Å². The molecule has 0 spiro atoms. The highest BCUT2D eigenvalue weighted by molar-refractivity contribution is 6.58. The molecule has 8 heteroatoms. The zero-order valence-electron chi connectivity index (χ0n) is 10.3. The number of aromatic nitrogens is 2. The minimum atomic E-state index is -1.53. The Morgan fingerprint density at radius 2 is 1.55 bits per heavy atom. The highest BCUT2D eigenvalue weighted by atomic mass is 16.5. The van der Waals surface area contributed by atoms with Gasteiger partial charge >= 0.3 is 14.8 Å². The topological polar surface area (TPSA) is 95.7 Å². The molecule has 1 aromatic heterocycles. The molecule has 0 aliphatic carbocycles. The van der Waals surface area contributed by atoms with Crippen molar-refractivity contribution in [2.45, 2.75) is 0 Å². The van der Waals surface area contributed by atoms with Crippen molar-refractivity contribution in [3.8, 4) is 5.75 Å². The molecule has 0 unspecified atom stereocenters. The van der Waals surface area contributed by atoms with E-state index in [0.717, 1.165) is 0 Å². The highest BCUT2D eigenvalue weighted by Crippen LogP contribution is 2.20. The number of benzene rings is 2. The third kappa shape index (κ3) is 2.32. The van der Waals surface area contributed by atoms with Crippen molar-refractivity contribution in [2.24, 2.45) is 0 Å². The van der Waals surface area contributed by atoms with Gasteiger partial charge in [-0.05, 0) is 29.7 Å². The van der Waals surface area contributed by atoms with Gasteiger partial charge in [-0.1, -0.05) is 6.07 Å².